The average Bonchev–Trinajstić information content (AvgIpc) is 2.33. The molecule has 0 heterocycles. The molecule has 2 N–H and O–H groups in total. The molecule has 18 heavy (non-hydrogen) atoms. The van der Waals surface area contributed by atoms with Crippen LogP contribution in [0, 0.1) is 0 Å². The van der Waals surface area contributed by atoms with Gasteiger partial charge in [0.1, 0.15) is 0 Å². The van der Waals surface area contributed by atoms with Gasteiger partial charge >= 0.3 is 62.1 Å². The van der Waals surface area contributed by atoms with E-state index in [0.29, 0.717) is 6.04 Å². The Labute approximate surface area is 125 Å². The Morgan fingerprint density at radius 3 is 1.61 bits per heavy atom. The van der Waals surface area contributed by atoms with Gasteiger partial charge in [-0.2, -0.15) is 0 Å². The molecule has 3 nitrogen and oxygen atoms in total. The molecule has 0 amide bonds. The summed E-state index contributed by atoms with van der Waals surface area (Å²) in [6, 6.07) is 0.431. The van der Waals surface area contributed by atoms with Crippen LogP contribution < -0.4 is 15.9 Å². The van der Waals surface area contributed by atoms with Gasteiger partial charge in [0.25, 0.3) is 0 Å². The summed E-state index contributed by atoms with van der Waals surface area (Å²) in [6.07, 6.45) is 6.34. The first-order valence-corrected chi connectivity index (χ1v) is 12.0. The first-order valence-electron chi connectivity index (χ1n) is 7.16. The summed E-state index contributed by atoms with van der Waals surface area (Å²) in [4.78, 5) is 2.38. The third-order valence-electron chi connectivity index (χ3n) is 2.08. The molecule has 0 bridgehead atoms. The van der Waals surface area contributed by atoms with E-state index in [-0.39, 0.29) is 34.4 Å². The second-order valence-corrected chi connectivity index (χ2v) is 7.78. The summed E-state index contributed by atoms with van der Waals surface area (Å²) in [5.41, 5.74) is 5.55. The van der Waals surface area contributed by atoms with Crippen molar-refractivity contribution in [2.75, 3.05) is 13.2 Å². The minimum atomic E-state index is 0.0938. The second-order valence-electron chi connectivity index (χ2n) is 4.34. The van der Waals surface area contributed by atoms with Gasteiger partial charge in [-0.3, -0.25) is 0 Å². The van der Waals surface area contributed by atoms with Crippen molar-refractivity contribution in [2.24, 2.45) is 5.73 Å². The average molecular weight is 366 g/mol. The van der Waals surface area contributed by atoms with E-state index in [0.717, 1.165) is 25.7 Å². The number of rotatable bonds is 8. The van der Waals surface area contributed by atoms with Gasteiger partial charge in [-0.05, 0) is 0 Å². The molecule has 0 rings (SSSR count). The van der Waals surface area contributed by atoms with Crippen LogP contribution in [0.4, 0.5) is 0 Å². The van der Waals surface area contributed by atoms with Crippen molar-refractivity contribution >= 4 is 21.1 Å². The maximum absolute atomic E-state index is 9.53. The summed E-state index contributed by atoms with van der Waals surface area (Å²) >= 11 is 0.0953. The summed E-state index contributed by atoms with van der Waals surface area (Å²) < 4.78 is 1.50. The fourth-order valence-corrected chi connectivity index (χ4v) is 2.48. The van der Waals surface area contributed by atoms with Gasteiger partial charge in [0, 0.05) is 0 Å². The van der Waals surface area contributed by atoms with Crippen LogP contribution in [0.1, 0.15) is 59.3 Å². The van der Waals surface area contributed by atoms with Gasteiger partial charge < -0.3 is 10.2 Å². The standard InChI is InChI=1S/C5H12N.2C4H9O.CH3.Sn/c1-3-4-5(2)6;2*1-2-3-4-5;;/h5H,1,3-4,6H2,2H3;2*2-4H2,1H3;1H3;/q;2*-1;;+2. The Balaban J connectivity index is -0.000000197. The Morgan fingerprint density at radius 1 is 1.00 bits per heavy atom. The molecule has 0 aromatic carbocycles. The monoisotopic (exact) mass is 367 g/mol. The van der Waals surface area contributed by atoms with Crippen LogP contribution in [0.25, 0.3) is 0 Å². The fourth-order valence-electron chi connectivity index (χ4n) is 0.889. The summed E-state index contributed by atoms with van der Waals surface area (Å²) in [6.45, 7) is 6.30. The molecule has 0 aliphatic carbocycles. The maximum atomic E-state index is 9.53. The molecule has 110 valence electrons. The van der Waals surface area contributed by atoms with Crippen molar-refractivity contribution in [1.29, 1.82) is 0 Å². The van der Waals surface area contributed by atoms with Crippen molar-refractivity contribution in [1.82, 2.24) is 0 Å². The van der Waals surface area contributed by atoms with E-state index in [2.05, 4.69) is 11.9 Å². The van der Waals surface area contributed by atoms with Crippen LogP contribution in [0.2, 0.25) is 9.38 Å². The summed E-state index contributed by atoms with van der Waals surface area (Å²) in [5, 5.41) is 19.1. The first kappa shape index (κ1) is 23.7. The van der Waals surface area contributed by atoms with E-state index in [1.807, 2.05) is 13.8 Å². The fraction of sp³-hybridized carbons (Fsp3) is 1.00. The van der Waals surface area contributed by atoms with Crippen LogP contribution in [0.3, 0.4) is 0 Å². The van der Waals surface area contributed by atoms with E-state index >= 15 is 0 Å². The van der Waals surface area contributed by atoms with Crippen molar-refractivity contribution < 1.29 is 10.2 Å². The molecule has 0 aromatic rings. The first-order chi connectivity index (χ1) is 8.60. The van der Waals surface area contributed by atoms with Gasteiger partial charge in [-0.1, -0.05) is 39.5 Å². The molecular formula is C14H33NO2Sn. The number of nitrogens with two attached hydrogens (primary N) is 1. The molecular weight excluding hydrogens is 333 g/mol. The molecule has 0 spiro atoms. The Kier molecular flexibility index (Phi) is 34.7. The van der Waals surface area contributed by atoms with Crippen LogP contribution in [0.5, 0.6) is 0 Å². The second kappa shape index (κ2) is 26.3. The molecule has 0 aliphatic rings. The molecule has 0 saturated carbocycles. The van der Waals surface area contributed by atoms with Crippen LogP contribution in [-0.2, 0) is 0 Å². The molecule has 0 fully saturated rings. The van der Waals surface area contributed by atoms with Crippen molar-refractivity contribution in [2.45, 2.75) is 74.7 Å². The summed E-state index contributed by atoms with van der Waals surface area (Å²) in [5.74, 6) is 0. The van der Waals surface area contributed by atoms with E-state index < -0.39 is 0 Å². The molecule has 0 saturated heterocycles. The zero-order chi connectivity index (χ0) is 14.6. The van der Waals surface area contributed by atoms with E-state index in [9.17, 15) is 10.2 Å². The predicted octanol–water partition coefficient (Wildman–Crippen LogP) is 1.58. The number of hydrogen-bond donors (Lipinski definition) is 1. The van der Waals surface area contributed by atoms with Crippen molar-refractivity contribution in [3.05, 3.63) is 0 Å². The van der Waals surface area contributed by atoms with Gasteiger partial charge in [-0.15, -0.1) is 13.2 Å². The van der Waals surface area contributed by atoms with Crippen molar-refractivity contribution in [3.63, 3.8) is 0 Å². The van der Waals surface area contributed by atoms with E-state index in [4.69, 9.17) is 5.73 Å². The molecule has 4 heteroatoms. The molecule has 0 aliphatic heterocycles. The number of hydrogen-bond acceptors (Lipinski definition) is 3. The third-order valence-corrected chi connectivity index (χ3v) is 4.52. The SMILES string of the molecule is CCCC[O-].CCCC[O-].[CH3][Sn+2][CH2]CCC(C)N. The van der Waals surface area contributed by atoms with Crippen molar-refractivity contribution in [3.8, 4) is 0 Å². The molecule has 0 aromatic heterocycles. The quantitative estimate of drug-likeness (QED) is 0.524. The third kappa shape index (κ3) is 43.8. The minimum absolute atomic E-state index is 0.0938. The van der Waals surface area contributed by atoms with Gasteiger partial charge in [0.15, 0.2) is 0 Å². The predicted molar refractivity (Wildman–Crippen MR) is 78.9 cm³/mol. The normalized spacial score (nSPS) is 10.4. The topological polar surface area (TPSA) is 72.1 Å². The van der Waals surface area contributed by atoms with Gasteiger partial charge in [0.2, 0.25) is 0 Å². The Hall–Kier alpha value is 0.679. The van der Waals surface area contributed by atoms with Crippen LogP contribution >= 0.6 is 0 Å². The Morgan fingerprint density at radius 2 is 1.44 bits per heavy atom. The molecule has 1 atom stereocenters. The van der Waals surface area contributed by atoms with Crippen LogP contribution in [0.15, 0.2) is 0 Å². The van der Waals surface area contributed by atoms with Gasteiger partial charge in [-0.25, -0.2) is 0 Å². The van der Waals surface area contributed by atoms with E-state index in [1.54, 1.807) is 0 Å². The molecule has 0 radical (unpaired) electrons. The van der Waals surface area contributed by atoms with E-state index in [1.165, 1.54) is 17.3 Å². The Bertz CT molecular complexity index is 104. The number of unbranched alkanes of at least 4 members (excludes halogenated alkanes) is 2. The van der Waals surface area contributed by atoms with Gasteiger partial charge in [0.05, 0.1) is 0 Å². The molecule has 1 unspecified atom stereocenters. The zero-order valence-electron chi connectivity index (χ0n) is 12.8. The summed E-state index contributed by atoms with van der Waals surface area (Å²) in [7, 11) is 0. The van der Waals surface area contributed by atoms with Crippen LogP contribution in [-0.4, -0.2) is 40.4 Å². The zero-order valence-corrected chi connectivity index (χ0v) is 15.7.